The summed E-state index contributed by atoms with van der Waals surface area (Å²) in [5.41, 5.74) is 0.466. The van der Waals surface area contributed by atoms with Crippen molar-refractivity contribution in [2.24, 2.45) is 0 Å². The van der Waals surface area contributed by atoms with Crippen LogP contribution in [0.15, 0.2) is 36.4 Å². The molecule has 3 nitrogen and oxygen atoms in total. The van der Waals surface area contributed by atoms with Gasteiger partial charge < -0.3 is 10.2 Å². The van der Waals surface area contributed by atoms with Gasteiger partial charge in [0.05, 0.1) is 10.9 Å². The Morgan fingerprint density at radius 2 is 2.10 bits per heavy atom. The van der Waals surface area contributed by atoms with Crippen molar-refractivity contribution in [2.75, 3.05) is 7.05 Å². The van der Waals surface area contributed by atoms with Crippen molar-refractivity contribution < 1.29 is 9.18 Å². The number of urea groups is 1. The van der Waals surface area contributed by atoms with Crippen molar-refractivity contribution >= 4 is 29.0 Å². The number of hydrogen-bond donors (Lipinski definition) is 1. The van der Waals surface area contributed by atoms with Gasteiger partial charge in [0.2, 0.25) is 0 Å². The van der Waals surface area contributed by atoms with E-state index < -0.39 is 0 Å². The van der Waals surface area contributed by atoms with Crippen molar-refractivity contribution in [1.82, 2.24) is 10.2 Å². The van der Waals surface area contributed by atoms with Gasteiger partial charge in [0.25, 0.3) is 0 Å². The summed E-state index contributed by atoms with van der Waals surface area (Å²) >= 11 is 7.27. The zero-order chi connectivity index (χ0) is 14.5. The lowest BCUT2D eigenvalue weighted by Crippen LogP contribution is -2.36. The molecule has 1 heterocycles. The number of benzene rings is 1. The quantitative estimate of drug-likeness (QED) is 0.913. The van der Waals surface area contributed by atoms with Gasteiger partial charge in [0.1, 0.15) is 5.82 Å². The number of nitrogens with zero attached hydrogens (tertiary/aromatic N) is 1. The van der Waals surface area contributed by atoms with Crippen molar-refractivity contribution in [3.05, 3.63) is 57.0 Å². The summed E-state index contributed by atoms with van der Waals surface area (Å²) in [5, 5.41) is 2.69. The first-order chi connectivity index (χ1) is 9.56. The van der Waals surface area contributed by atoms with Crippen molar-refractivity contribution in [2.45, 2.75) is 13.1 Å². The normalized spacial score (nSPS) is 10.3. The van der Waals surface area contributed by atoms with Crippen LogP contribution in [0, 0.1) is 5.82 Å². The molecule has 2 aromatic rings. The Hall–Kier alpha value is -1.59. The lowest BCUT2D eigenvalue weighted by molar-refractivity contribution is 0.206. The van der Waals surface area contributed by atoms with E-state index >= 15 is 0 Å². The van der Waals surface area contributed by atoms with E-state index in [4.69, 9.17) is 11.6 Å². The predicted octanol–water partition coefficient (Wildman–Crippen LogP) is 3.88. The molecule has 0 bridgehead atoms. The van der Waals surface area contributed by atoms with E-state index in [0.29, 0.717) is 16.4 Å². The maximum atomic E-state index is 13.4. The van der Waals surface area contributed by atoms with Crippen molar-refractivity contribution in [3.63, 3.8) is 0 Å². The fourth-order valence-corrected chi connectivity index (χ4v) is 2.83. The maximum absolute atomic E-state index is 13.4. The van der Waals surface area contributed by atoms with E-state index in [-0.39, 0.29) is 18.4 Å². The van der Waals surface area contributed by atoms with Crippen LogP contribution in [0.4, 0.5) is 9.18 Å². The molecule has 0 saturated carbocycles. The minimum Gasteiger partial charge on any atom is -0.334 e. The molecule has 1 aromatic heterocycles. The molecule has 2 rings (SSSR count). The van der Waals surface area contributed by atoms with Gasteiger partial charge >= 0.3 is 6.03 Å². The number of amides is 2. The summed E-state index contributed by atoms with van der Waals surface area (Å²) in [7, 11) is 1.68. The van der Waals surface area contributed by atoms with E-state index in [9.17, 15) is 9.18 Å². The third-order valence-electron chi connectivity index (χ3n) is 2.76. The fraction of sp³-hybridized carbons (Fsp3) is 0.214. The highest BCUT2D eigenvalue weighted by atomic mass is 35.5. The molecule has 106 valence electrons. The minimum atomic E-state index is -0.319. The number of carbonyl (C=O) groups is 1. The first-order valence-corrected chi connectivity index (χ1v) is 7.22. The fourth-order valence-electron chi connectivity index (χ4n) is 1.69. The molecule has 0 spiro atoms. The maximum Gasteiger partial charge on any atom is 0.317 e. The number of thiophene rings is 1. The summed E-state index contributed by atoms with van der Waals surface area (Å²) < 4.78 is 14.1. The van der Waals surface area contributed by atoms with E-state index in [0.717, 1.165) is 4.88 Å². The van der Waals surface area contributed by atoms with Gasteiger partial charge in [-0.25, -0.2) is 9.18 Å². The SMILES string of the molecule is CN(Cc1ccc(Cl)s1)C(=O)NCc1ccccc1F. The van der Waals surface area contributed by atoms with E-state index in [1.807, 2.05) is 6.07 Å². The first kappa shape index (κ1) is 14.8. The molecule has 0 aliphatic heterocycles. The second-order valence-electron chi connectivity index (χ2n) is 4.31. The average Bonchev–Trinajstić information content (AvgIpc) is 2.82. The molecule has 2 amide bonds. The second-order valence-corrected chi connectivity index (χ2v) is 6.11. The highest BCUT2D eigenvalue weighted by molar-refractivity contribution is 7.16. The number of rotatable bonds is 4. The van der Waals surface area contributed by atoms with Crippen molar-refractivity contribution in [3.8, 4) is 0 Å². The van der Waals surface area contributed by atoms with Gasteiger partial charge in [-0.15, -0.1) is 11.3 Å². The smallest absolute Gasteiger partial charge is 0.317 e. The summed E-state index contributed by atoms with van der Waals surface area (Å²) in [6.45, 7) is 0.640. The van der Waals surface area contributed by atoms with Gasteiger partial charge in [-0.3, -0.25) is 0 Å². The zero-order valence-electron chi connectivity index (χ0n) is 10.9. The molecule has 0 atom stereocenters. The van der Waals surface area contributed by atoms with E-state index in [2.05, 4.69) is 5.32 Å². The Balaban J connectivity index is 1.87. The van der Waals surface area contributed by atoms with Crippen LogP contribution in [0.2, 0.25) is 4.34 Å². The molecule has 0 fully saturated rings. The Morgan fingerprint density at radius 1 is 1.35 bits per heavy atom. The van der Waals surface area contributed by atoms with Gasteiger partial charge in [0, 0.05) is 24.0 Å². The average molecular weight is 313 g/mol. The Labute approximate surface area is 126 Å². The monoisotopic (exact) mass is 312 g/mol. The van der Waals surface area contributed by atoms with Crippen LogP contribution in [-0.4, -0.2) is 18.0 Å². The number of halogens is 2. The second kappa shape index (κ2) is 6.72. The first-order valence-electron chi connectivity index (χ1n) is 6.03. The molecule has 0 saturated heterocycles. The molecule has 0 aliphatic carbocycles. The van der Waals surface area contributed by atoms with Crippen LogP contribution in [0.3, 0.4) is 0 Å². The molecule has 0 aliphatic rings. The standard InChI is InChI=1S/C14H14ClFN2OS/c1-18(9-11-6-7-13(15)20-11)14(19)17-8-10-4-2-3-5-12(10)16/h2-7H,8-9H2,1H3,(H,17,19). The summed E-state index contributed by atoms with van der Waals surface area (Å²) in [4.78, 5) is 14.4. The lowest BCUT2D eigenvalue weighted by Gasteiger charge is -2.17. The van der Waals surface area contributed by atoms with E-state index in [1.54, 1.807) is 31.3 Å². The number of carbonyl (C=O) groups excluding carboxylic acids is 1. The number of hydrogen-bond acceptors (Lipinski definition) is 2. The molecule has 0 unspecified atom stereocenters. The number of nitrogens with one attached hydrogen (secondary N) is 1. The minimum absolute atomic E-state index is 0.168. The predicted molar refractivity (Wildman–Crippen MR) is 79.4 cm³/mol. The topological polar surface area (TPSA) is 32.3 Å². The molecular weight excluding hydrogens is 299 g/mol. The molecule has 6 heteroatoms. The zero-order valence-corrected chi connectivity index (χ0v) is 12.5. The van der Waals surface area contributed by atoms with Crippen LogP contribution in [0.5, 0.6) is 0 Å². The molecule has 20 heavy (non-hydrogen) atoms. The van der Waals surface area contributed by atoms with Crippen molar-refractivity contribution in [1.29, 1.82) is 0 Å². The highest BCUT2D eigenvalue weighted by Gasteiger charge is 2.11. The summed E-state index contributed by atoms with van der Waals surface area (Å²) in [6, 6.07) is 9.81. The largest absolute Gasteiger partial charge is 0.334 e. The van der Waals surface area contributed by atoms with Crippen LogP contribution < -0.4 is 5.32 Å². The van der Waals surface area contributed by atoms with Crippen LogP contribution in [0.1, 0.15) is 10.4 Å². The Kier molecular flexibility index (Phi) is 4.98. The van der Waals surface area contributed by atoms with Crippen LogP contribution in [-0.2, 0) is 13.1 Å². The van der Waals surface area contributed by atoms with Gasteiger partial charge in [-0.05, 0) is 18.2 Å². The van der Waals surface area contributed by atoms with Gasteiger partial charge in [0.15, 0.2) is 0 Å². The summed E-state index contributed by atoms with van der Waals surface area (Å²) in [5.74, 6) is -0.319. The molecule has 1 N–H and O–H groups in total. The third-order valence-corrected chi connectivity index (χ3v) is 3.97. The van der Waals surface area contributed by atoms with Crippen LogP contribution >= 0.6 is 22.9 Å². The van der Waals surface area contributed by atoms with E-state index in [1.165, 1.54) is 22.3 Å². The molecular formula is C14H14ClFN2OS. The highest BCUT2D eigenvalue weighted by Crippen LogP contribution is 2.22. The van der Waals surface area contributed by atoms with Gasteiger partial charge in [-0.2, -0.15) is 0 Å². The van der Waals surface area contributed by atoms with Gasteiger partial charge in [-0.1, -0.05) is 29.8 Å². The molecule has 0 radical (unpaired) electrons. The Bertz CT molecular complexity index is 602. The Morgan fingerprint density at radius 3 is 2.75 bits per heavy atom. The van der Waals surface area contributed by atoms with Crippen LogP contribution in [0.25, 0.3) is 0 Å². The third kappa shape index (κ3) is 3.95. The summed E-state index contributed by atoms with van der Waals surface area (Å²) in [6.07, 6.45) is 0. The lowest BCUT2D eigenvalue weighted by atomic mass is 10.2. The molecule has 1 aromatic carbocycles.